The Morgan fingerprint density at radius 3 is 2.56 bits per heavy atom. The summed E-state index contributed by atoms with van der Waals surface area (Å²) >= 11 is 6.06. The van der Waals surface area contributed by atoms with Gasteiger partial charge in [0, 0.05) is 34.6 Å². The topological polar surface area (TPSA) is 81.1 Å². The van der Waals surface area contributed by atoms with Crippen LogP contribution in [0.25, 0.3) is 16.8 Å². The zero-order valence-electron chi connectivity index (χ0n) is 17.7. The molecule has 1 unspecified atom stereocenters. The van der Waals surface area contributed by atoms with Crippen LogP contribution < -0.4 is 5.32 Å². The van der Waals surface area contributed by atoms with Crippen LogP contribution in [0, 0.1) is 0 Å². The van der Waals surface area contributed by atoms with Crippen LogP contribution in [0.2, 0.25) is 5.02 Å². The Kier molecular flexibility index (Phi) is 5.13. The number of halogens is 1. The Balaban J connectivity index is 1.55. The minimum atomic E-state index is -3.13. The number of benzene rings is 2. The molecule has 2 fully saturated rings. The second kappa shape index (κ2) is 7.74. The van der Waals surface area contributed by atoms with Crippen molar-refractivity contribution in [2.24, 2.45) is 0 Å². The smallest absolute Gasteiger partial charge is 0.251 e. The summed E-state index contributed by atoms with van der Waals surface area (Å²) < 4.78 is 26.0. The number of sulfone groups is 1. The summed E-state index contributed by atoms with van der Waals surface area (Å²) in [4.78, 5) is 17.8. The lowest BCUT2D eigenvalue weighted by atomic mass is 9.99. The van der Waals surface area contributed by atoms with Crippen LogP contribution in [-0.4, -0.2) is 40.9 Å². The van der Waals surface area contributed by atoms with Crippen LogP contribution in [0.4, 0.5) is 0 Å². The van der Waals surface area contributed by atoms with Gasteiger partial charge in [-0.15, -0.1) is 0 Å². The molecule has 1 saturated carbocycles. The van der Waals surface area contributed by atoms with Gasteiger partial charge >= 0.3 is 0 Å². The van der Waals surface area contributed by atoms with Crippen molar-refractivity contribution in [2.45, 2.75) is 37.6 Å². The summed E-state index contributed by atoms with van der Waals surface area (Å²) in [7, 11) is -3.13. The fourth-order valence-corrected chi connectivity index (χ4v) is 6.54. The van der Waals surface area contributed by atoms with Crippen LogP contribution in [0.5, 0.6) is 0 Å². The van der Waals surface area contributed by atoms with Crippen LogP contribution in [0.1, 0.15) is 48.3 Å². The molecule has 1 aliphatic carbocycles. The van der Waals surface area contributed by atoms with E-state index >= 15 is 0 Å². The third kappa shape index (κ3) is 4.32. The van der Waals surface area contributed by atoms with Crippen molar-refractivity contribution in [1.82, 2.24) is 14.9 Å². The first kappa shape index (κ1) is 21.2. The molecule has 0 bridgehead atoms. The van der Waals surface area contributed by atoms with E-state index < -0.39 is 15.4 Å². The molecule has 1 amide bonds. The molecule has 1 aliphatic heterocycles. The first-order chi connectivity index (χ1) is 15.2. The molecule has 6 nitrogen and oxygen atoms in total. The van der Waals surface area contributed by atoms with Crippen molar-refractivity contribution in [1.29, 1.82) is 0 Å². The fraction of sp³-hybridized carbons (Fsp3) is 0.333. The van der Waals surface area contributed by atoms with Gasteiger partial charge in [-0.1, -0.05) is 23.7 Å². The first-order valence-electron chi connectivity index (χ1n) is 10.7. The Hall–Kier alpha value is -2.64. The van der Waals surface area contributed by atoms with E-state index in [-0.39, 0.29) is 17.4 Å². The molecule has 32 heavy (non-hydrogen) atoms. The van der Waals surface area contributed by atoms with E-state index in [2.05, 4.69) is 10.3 Å². The molecule has 1 N–H and O–H groups in total. The van der Waals surface area contributed by atoms with Gasteiger partial charge in [-0.25, -0.2) is 13.4 Å². The van der Waals surface area contributed by atoms with Gasteiger partial charge in [0.05, 0.1) is 17.0 Å². The van der Waals surface area contributed by atoms with Crippen LogP contribution >= 0.6 is 11.6 Å². The van der Waals surface area contributed by atoms with Gasteiger partial charge in [0.1, 0.15) is 5.82 Å². The Labute approximate surface area is 192 Å². The third-order valence-corrected chi connectivity index (χ3v) is 8.32. The predicted octanol–water partition coefficient (Wildman–Crippen LogP) is 4.38. The highest BCUT2D eigenvalue weighted by Gasteiger charge is 2.39. The van der Waals surface area contributed by atoms with E-state index in [4.69, 9.17) is 11.6 Å². The number of carbonyl (C=O) groups is 1. The molecule has 1 aromatic heterocycles. The SMILES string of the molecule is CC1(NC(=O)c2cc(-c3ccc(Cl)cc3)cc(-n3ccnc3C3CC3)c2)CCS(=O)(=O)C1. The summed E-state index contributed by atoms with van der Waals surface area (Å²) in [6.07, 6.45) is 6.36. The van der Waals surface area contributed by atoms with Crippen molar-refractivity contribution < 1.29 is 13.2 Å². The van der Waals surface area contributed by atoms with Crippen LogP contribution in [-0.2, 0) is 9.84 Å². The van der Waals surface area contributed by atoms with E-state index in [1.165, 1.54) is 0 Å². The maximum Gasteiger partial charge on any atom is 0.251 e. The highest BCUT2D eigenvalue weighted by Crippen LogP contribution is 2.40. The monoisotopic (exact) mass is 469 g/mol. The van der Waals surface area contributed by atoms with Crippen molar-refractivity contribution in [3.63, 3.8) is 0 Å². The van der Waals surface area contributed by atoms with Crippen LogP contribution in [0.15, 0.2) is 54.9 Å². The van der Waals surface area contributed by atoms with E-state index in [9.17, 15) is 13.2 Å². The zero-order chi connectivity index (χ0) is 22.5. The molecule has 2 aromatic carbocycles. The summed E-state index contributed by atoms with van der Waals surface area (Å²) in [6.45, 7) is 1.79. The van der Waals surface area contributed by atoms with Gasteiger partial charge in [0.2, 0.25) is 0 Å². The van der Waals surface area contributed by atoms with Crippen molar-refractivity contribution in [3.8, 4) is 16.8 Å². The highest BCUT2D eigenvalue weighted by atomic mass is 35.5. The molecule has 8 heteroatoms. The molecule has 0 spiro atoms. The van der Waals surface area contributed by atoms with Gasteiger partial charge < -0.3 is 9.88 Å². The van der Waals surface area contributed by atoms with Crippen LogP contribution in [0.3, 0.4) is 0 Å². The largest absolute Gasteiger partial charge is 0.346 e. The quantitative estimate of drug-likeness (QED) is 0.601. The number of hydrogen-bond donors (Lipinski definition) is 1. The molecule has 166 valence electrons. The summed E-state index contributed by atoms with van der Waals surface area (Å²) in [5.41, 5.74) is 2.39. The number of imidazole rings is 1. The normalized spacial score (nSPS) is 22.1. The second-order valence-electron chi connectivity index (χ2n) is 9.06. The molecular weight excluding hydrogens is 446 g/mol. The lowest BCUT2D eigenvalue weighted by molar-refractivity contribution is 0.0915. The molecule has 1 saturated heterocycles. The minimum absolute atomic E-state index is 0.0389. The van der Waals surface area contributed by atoms with Crippen molar-refractivity contribution in [2.75, 3.05) is 11.5 Å². The number of amides is 1. The number of aromatic nitrogens is 2. The Bertz CT molecular complexity index is 1300. The number of hydrogen-bond acceptors (Lipinski definition) is 4. The van der Waals surface area contributed by atoms with Crippen molar-refractivity contribution in [3.05, 3.63) is 71.3 Å². The minimum Gasteiger partial charge on any atom is -0.346 e. The molecule has 0 radical (unpaired) electrons. The molecule has 2 aliphatic rings. The molecule has 5 rings (SSSR count). The van der Waals surface area contributed by atoms with Gasteiger partial charge in [0.15, 0.2) is 9.84 Å². The standard InChI is InChI=1S/C24H24ClN3O3S/c1-24(8-11-32(30,31)15-24)27-23(29)19-12-18(16-4-6-20(25)7-5-16)13-21(14-19)28-10-9-26-22(28)17-2-3-17/h4-7,9-10,12-14,17H,2-3,8,11,15H2,1H3,(H,27,29). The molecule has 3 aromatic rings. The van der Waals surface area contributed by atoms with E-state index in [0.717, 1.165) is 35.5 Å². The predicted molar refractivity (Wildman–Crippen MR) is 125 cm³/mol. The summed E-state index contributed by atoms with van der Waals surface area (Å²) in [5, 5.41) is 3.62. The highest BCUT2D eigenvalue weighted by molar-refractivity contribution is 7.91. The van der Waals surface area contributed by atoms with Crippen molar-refractivity contribution >= 4 is 27.3 Å². The average molecular weight is 470 g/mol. The maximum atomic E-state index is 13.3. The van der Waals surface area contributed by atoms with E-state index in [1.807, 2.05) is 53.2 Å². The number of nitrogens with one attached hydrogen (secondary N) is 1. The van der Waals surface area contributed by atoms with Gasteiger partial charge in [-0.2, -0.15) is 0 Å². The molecular formula is C24H24ClN3O3S. The second-order valence-corrected chi connectivity index (χ2v) is 11.7. The lowest BCUT2D eigenvalue weighted by Crippen LogP contribution is -2.46. The van der Waals surface area contributed by atoms with E-state index in [0.29, 0.717) is 22.9 Å². The maximum absolute atomic E-state index is 13.3. The average Bonchev–Trinajstić information content (AvgIpc) is 3.40. The number of rotatable bonds is 5. The Morgan fingerprint density at radius 1 is 1.16 bits per heavy atom. The Morgan fingerprint density at radius 2 is 1.91 bits per heavy atom. The summed E-state index contributed by atoms with van der Waals surface area (Å²) in [6, 6.07) is 13.2. The fourth-order valence-electron chi connectivity index (χ4n) is 4.32. The third-order valence-electron chi connectivity index (χ3n) is 6.17. The zero-order valence-corrected chi connectivity index (χ0v) is 19.3. The van der Waals surface area contributed by atoms with Gasteiger partial charge in [-0.3, -0.25) is 4.79 Å². The number of carbonyl (C=O) groups excluding carboxylic acids is 1. The van der Waals surface area contributed by atoms with E-state index in [1.54, 1.807) is 13.1 Å². The van der Waals surface area contributed by atoms with Gasteiger partial charge in [-0.05, 0) is 67.6 Å². The van der Waals surface area contributed by atoms with Gasteiger partial charge in [0.25, 0.3) is 5.91 Å². The lowest BCUT2D eigenvalue weighted by Gasteiger charge is -2.24. The first-order valence-corrected chi connectivity index (χ1v) is 12.9. The summed E-state index contributed by atoms with van der Waals surface area (Å²) in [5.74, 6) is 1.22. The molecule has 1 atom stereocenters. The number of nitrogens with zero attached hydrogens (tertiary/aromatic N) is 2. The molecule has 2 heterocycles.